The smallest absolute Gasteiger partial charge is 0.234 e. The Labute approximate surface area is 231 Å². The van der Waals surface area contributed by atoms with Crippen LogP contribution in [0.25, 0.3) is 0 Å². The van der Waals surface area contributed by atoms with Gasteiger partial charge in [0, 0.05) is 12.1 Å². The van der Waals surface area contributed by atoms with Crippen molar-refractivity contribution < 1.29 is 54.0 Å². The topological polar surface area (TPSA) is 293 Å². The molecule has 0 bridgehead atoms. The van der Waals surface area contributed by atoms with E-state index in [1.165, 1.54) is 0 Å². The van der Waals surface area contributed by atoms with Crippen LogP contribution in [0.1, 0.15) is 19.3 Å². The Balaban J connectivity index is 1.42. The standard InChI is InChI=1S/C23H44N6O11/c1-28-15-17(34)20-11(4-9(27)21(39-20)38-19-8(26)2-7(25)3-10(19)31)36-22(15)40-23-18(35)16(33)14(12(6-30)37-23)29-13(32)5-24/h7-12,14-23,28,30-31,33-35H,2-6,24-27H2,1H3,(H,29,32)/t7-,8?,9+,10-,11+,12?,14-,15?,16+,17?,18?,19-,20?,21+,22?,23-/m1/s1. The van der Waals surface area contributed by atoms with Gasteiger partial charge in [-0.25, -0.2) is 0 Å². The largest absolute Gasteiger partial charge is 0.394 e. The molecule has 16 atom stereocenters. The maximum atomic E-state index is 11.7. The molecule has 15 N–H and O–H groups in total. The van der Waals surface area contributed by atoms with Crippen molar-refractivity contribution >= 4 is 5.91 Å². The van der Waals surface area contributed by atoms with E-state index in [0.29, 0.717) is 12.8 Å². The highest BCUT2D eigenvalue weighted by molar-refractivity contribution is 5.78. The van der Waals surface area contributed by atoms with Crippen LogP contribution < -0.4 is 33.6 Å². The van der Waals surface area contributed by atoms with E-state index in [1.54, 1.807) is 7.05 Å². The van der Waals surface area contributed by atoms with E-state index < -0.39 is 104 Å². The number of aliphatic hydroxyl groups excluding tert-OH is 5. The van der Waals surface area contributed by atoms with Gasteiger partial charge in [-0.05, 0) is 26.3 Å². The molecule has 232 valence electrons. The molecule has 0 radical (unpaired) electrons. The van der Waals surface area contributed by atoms with Crippen molar-refractivity contribution in [2.24, 2.45) is 22.9 Å². The first kappa shape index (κ1) is 31.8. The van der Waals surface area contributed by atoms with Crippen LogP contribution in [0.5, 0.6) is 0 Å². The maximum absolute atomic E-state index is 11.7. The molecule has 40 heavy (non-hydrogen) atoms. The Hall–Kier alpha value is -1.13. The van der Waals surface area contributed by atoms with Gasteiger partial charge in [-0.2, -0.15) is 0 Å². The zero-order valence-corrected chi connectivity index (χ0v) is 22.3. The third-order valence-corrected chi connectivity index (χ3v) is 8.03. The summed E-state index contributed by atoms with van der Waals surface area (Å²) in [5, 5.41) is 58.1. The average molecular weight is 581 g/mol. The van der Waals surface area contributed by atoms with Gasteiger partial charge in [0.05, 0.1) is 43.5 Å². The fourth-order valence-corrected chi connectivity index (χ4v) is 5.88. The lowest BCUT2D eigenvalue weighted by atomic mass is 9.86. The van der Waals surface area contributed by atoms with Gasteiger partial charge < -0.3 is 82.8 Å². The molecule has 4 rings (SSSR count). The minimum Gasteiger partial charge on any atom is -0.394 e. The van der Waals surface area contributed by atoms with Crippen molar-refractivity contribution in [3.63, 3.8) is 0 Å². The average Bonchev–Trinajstić information content (AvgIpc) is 2.90. The zero-order valence-electron chi connectivity index (χ0n) is 22.3. The van der Waals surface area contributed by atoms with E-state index in [1.807, 2.05) is 0 Å². The second-order valence-corrected chi connectivity index (χ2v) is 10.9. The van der Waals surface area contributed by atoms with E-state index in [9.17, 15) is 30.3 Å². The number of likely N-dealkylation sites (N-methyl/N-ethyl adjacent to an activating group) is 1. The number of carbonyl (C=O) groups is 1. The molecular weight excluding hydrogens is 536 g/mol. The second-order valence-electron chi connectivity index (χ2n) is 10.9. The number of hydrogen-bond donors (Lipinski definition) is 11. The Morgan fingerprint density at radius 1 is 0.875 bits per heavy atom. The second kappa shape index (κ2) is 13.4. The van der Waals surface area contributed by atoms with Crippen LogP contribution in [0.2, 0.25) is 0 Å². The highest BCUT2D eigenvalue weighted by atomic mass is 16.8. The molecular formula is C23H44N6O11. The van der Waals surface area contributed by atoms with Gasteiger partial charge in [-0.3, -0.25) is 4.79 Å². The van der Waals surface area contributed by atoms with Crippen molar-refractivity contribution in [2.45, 2.75) is 117 Å². The Kier molecular flexibility index (Phi) is 10.7. The maximum Gasteiger partial charge on any atom is 0.234 e. The van der Waals surface area contributed by atoms with Gasteiger partial charge in [0.15, 0.2) is 18.9 Å². The molecule has 17 nitrogen and oxygen atoms in total. The molecule has 1 amide bonds. The molecule has 0 aromatic rings. The first-order chi connectivity index (χ1) is 19.0. The molecule has 3 aliphatic heterocycles. The number of fused-ring (bicyclic) bond motifs is 1. The van der Waals surface area contributed by atoms with Crippen LogP contribution in [-0.2, 0) is 28.5 Å². The Bertz CT molecular complexity index is 833. The monoisotopic (exact) mass is 580 g/mol. The van der Waals surface area contributed by atoms with Crippen molar-refractivity contribution in [3.8, 4) is 0 Å². The third kappa shape index (κ3) is 6.59. The summed E-state index contributed by atoms with van der Waals surface area (Å²) in [4.78, 5) is 11.7. The third-order valence-electron chi connectivity index (χ3n) is 8.03. The van der Waals surface area contributed by atoms with E-state index >= 15 is 0 Å². The van der Waals surface area contributed by atoms with Gasteiger partial charge >= 0.3 is 0 Å². The van der Waals surface area contributed by atoms with Crippen LogP contribution >= 0.6 is 0 Å². The van der Waals surface area contributed by atoms with Crippen molar-refractivity contribution in [1.82, 2.24) is 10.6 Å². The summed E-state index contributed by atoms with van der Waals surface area (Å²) in [6.07, 6.45) is -11.6. The normalized spacial score (nSPS) is 49.8. The molecule has 4 aliphatic rings. The van der Waals surface area contributed by atoms with Gasteiger partial charge in [0.25, 0.3) is 0 Å². The number of carbonyl (C=O) groups excluding carboxylic acids is 1. The first-order valence-corrected chi connectivity index (χ1v) is 13.5. The van der Waals surface area contributed by atoms with Crippen LogP contribution in [-0.4, -0.2) is 150 Å². The summed E-state index contributed by atoms with van der Waals surface area (Å²) in [5.74, 6) is -0.614. The summed E-state index contributed by atoms with van der Waals surface area (Å²) in [6.45, 7) is -0.973. The predicted molar refractivity (Wildman–Crippen MR) is 135 cm³/mol. The lowest BCUT2D eigenvalue weighted by Gasteiger charge is -2.51. The Morgan fingerprint density at radius 2 is 1.60 bits per heavy atom. The molecule has 7 unspecified atom stereocenters. The van der Waals surface area contributed by atoms with Gasteiger partial charge in [0.1, 0.15) is 36.6 Å². The van der Waals surface area contributed by atoms with E-state index in [2.05, 4.69) is 10.6 Å². The van der Waals surface area contributed by atoms with E-state index in [-0.39, 0.29) is 19.0 Å². The van der Waals surface area contributed by atoms with Crippen molar-refractivity contribution in [2.75, 3.05) is 20.2 Å². The number of rotatable bonds is 8. The summed E-state index contributed by atoms with van der Waals surface area (Å²) < 4.78 is 29.6. The number of nitrogens with two attached hydrogens (primary N) is 4. The lowest BCUT2D eigenvalue weighted by Crippen LogP contribution is -2.70. The van der Waals surface area contributed by atoms with E-state index in [4.69, 9.17) is 46.6 Å². The fourth-order valence-electron chi connectivity index (χ4n) is 5.88. The van der Waals surface area contributed by atoms with Crippen LogP contribution in [0.15, 0.2) is 0 Å². The highest BCUT2D eigenvalue weighted by Crippen LogP contribution is 2.35. The fraction of sp³-hybridized carbons (Fsp3) is 0.957. The summed E-state index contributed by atoms with van der Waals surface area (Å²) >= 11 is 0. The number of nitrogens with one attached hydrogen (secondary N) is 2. The predicted octanol–water partition coefficient (Wildman–Crippen LogP) is -6.80. The van der Waals surface area contributed by atoms with E-state index in [0.717, 1.165) is 0 Å². The summed E-state index contributed by atoms with van der Waals surface area (Å²) in [5.41, 5.74) is 23.7. The molecule has 0 aromatic heterocycles. The zero-order chi connectivity index (χ0) is 29.3. The molecule has 3 heterocycles. The van der Waals surface area contributed by atoms with Crippen LogP contribution in [0, 0.1) is 0 Å². The van der Waals surface area contributed by atoms with Gasteiger partial charge in [-0.15, -0.1) is 0 Å². The molecule has 4 fully saturated rings. The van der Waals surface area contributed by atoms with Crippen LogP contribution in [0.3, 0.4) is 0 Å². The highest BCUT2D eigenvalue weighted by Gasteiger charge is 2.54. The summed E-state index contributed by atoms with van der Waals surface area (Å²) in [6, 6.07) is -3.52. The lowest BCUT2D eigenvalue weighted by molar-refractivity contribution is -0.373. The number of amides is 1. The summed E-state index contributed by atoms with van der Waals surface area (Å²) in [7, 11) is 1.55. The van der Waals surface area contributed by atoms with Gasteiger partial charge in [-0.1, -0.05) is 0 Å². The number of hydrogen-bond acceptors (Lipinski definition) is 16. The molecule has 0 spiro atoms. The van der Waals surface area contributed by atoms with Gasteiger partial charge in [0.2, 0.25) is 5.91 Å². The minimum atomic E-state index is -1.65. The molecule has 1 saturated carbocycles. The number of aliphatic hydroxyl groups is 5. The number of ether oxygens (including phenoxy) is 5. The minimum absolute atomic E-state index is 0.184. The first-order valence-electron chi connectivity index (χ1n) is 13.5. The van der Waals surface area contributed by atoms with Crippen LogP contribution in [0.4, 0.5) is 0 Å². The molecule has 1 aliphatic carbocycles. The molecule has 0 aromatic carbocycles. The molecule has 17 heteroatoms. The quantitative estimate of drug-likeness (QED) is 0.127. The SMILES string of the molecule is CNC1C(O[C@H]2OC(CO)[C@@H](NC(=O)CN)[C@H](O)C2O)O[C@H]2C[C@H](N)[C@@H](O[C@@H]3C(N)C[C@@H](N)C[C@H]3O)OC2C1O. The Morgan fingerprint density at radius 3 is 2.23 bits per heavy atom. The van der Waals surface area contributed by atoms with Crippen molar-refractivity contribution in [3.05, 3.63) is 0 Å². The van der Waals surface area contributed by atoms with Crippen molar-refractivity contribution in [1.29, 1.82) is 0 Å². The molecule has 3 saturated heterocycles.